The highest BCUT2D eigenvalue weighted by molar-refractivity contribution is 7.16. The molecule has 0 saturated heterocycles. The van der Waals surface area contributed by atoms with Gasteiger partial charge in [-0.2, -0.15) is 0 Å². The van der Waals surface area contributed by atoms with Crippen molar-refractivity contribution in [1.29, 1.82) is 0 Å². The maximum absolute atomic E-state index is 6.17. The van der Waals surface area contributed by atoms with E-state index in [2.05, 4.69) is 22.2 Å². The largest absolute Gasteiger partial charge is 0.351 e. The first kappa shape index (κ1) is 12.2. The number of fused-ring (bicyclic) bond motifs is 1. The highest BCUT2D eigenvalue weighted by atomic mass is 35.5. The summed E-state index contributed by atoms with van der Waals surface area (Å²) in [5, 5.41) is 6.95. The van der Waals surface area contributed by atoms with Gasteiger partial charge in [-0.3, -0.25) is 0 Å². The molecule has 0 aliphatic heterocycles. The fourth-order valence-corrected chi connectivity index (χ4v) is 3.63. The molecule has 2 aromatic heterocycles. The van der Waals surface area contributed by atoms with Crippen LogP contribution in [0.5, 0.6) is 0 Å². The molecule has 0 spiro atoms. The van der Waals surface area contributed by atoms with Crippen molar-refractivity contribution in [2.75, 3.05) is 5.32 Å². The minimum atomic E-state index is 0.479. The van der Waals surface area contributed by atoms with Crippen LogP contribution in [0.15, 0.2) is 11.4 Å². The fourth-order valence-electron chi connectivity index (χ4n) is 2.58. The zero-order valence-electron chi connectivity index (χ0n) is 10.3. The number of nitrogens with zero attached hydrogens (tertiary/aromatic N) is 2. The SMILES string of the molecule is CC1CCCCC1Nc1nc(Cl)c2ccsc2n1. The zero-order chi connectivity index (χ0) is 12.5. The van der Waals surface area contributed by atoms with E-state index >= 15 is 0 Å². The Labute approximate surface area is 116 Å². The van der Waals surface area contributed by atoms with Gasteiger partial charge in [-0.1, -0.05) is 31.4 Å². The van der Waals surface area contributed by atoms with Gasteiger partial charge in [0.1, 0.15) is 9.98 Å². The Balaban J connectivity index is 1.85. The van der Waals surface area contributed by atoms with Gasteiger partial charge in [0.25, 0.3) is 0 Å². The van der Waals surface area contributed by atoms with Crippen molar-refractivity contribution in [1.82, 2.24) is 9.97 Å². The van der Waals surface area contributed by atoms with Gasteiger partial charge >= 0.3 is 0 Å². The number of aromatic nitrogens is 2. The summed E-state index contributed by atoms with van der Waals surface area (Å²) >= 11 is 7.78. The van der Waals surface area contributed by atoms with Gasteiger partial charge < -0.3 is 5.32 Å². The molecule has 1 aliphatic rings. The van der Waals surface area contributed by atoms with E-state index < -0.39 is 0 Å². The second-order valence-corrected chi connectivity index (χ2v) is 6.24. The number of hydrogen-bond donors (Lipinski definition) is 1. The Morgan fingerprint density at radius 1 is 1.33 bits per heavy atom. The van der Waals surface area contributed by atoms with Crippen molar-refractivity contribution >= 4 is 39.1 Å². The molecule has 3 rings (SSSR count). The van der Waals surface area contributed by atoms with Gasteiger partial charge in [0.05, 0.1) is 0 Å². The summed E-state index contributed by atoms with van der Waals surface area (Å²) in [6.07, 6.45) is 5.11. The molecule has 0 amide bonds. The van der Waals surface area contributed by atoms with E-state index in [1.54, 1.807) is 11.3 Å². The van der Waals surface area contributed by atoms with Crippen LogP contribution in [0.4, 0.5) is 5.95 Å². The van der Waals surface area contributed by atoms with Gasteiger partial charge in [-0.15, -0.1) is 11.3 Å². The maximum atomic E-state index is 6.17. The van der Waals surface area contributed by atoms with Crippen LogP contribution in [0.25, 0.3) is 10.2 Å². The lowest BCUT2D eigenvalue weighted by molar-refractivity contribution is 0.348. The topological polar surface area (TPSA) is 37.8 Å². The van der Waals surface area contributed by atoms with Crippen molar-refractivity contribution in [2.45, 2.75) is 38.6 Å². The van der Waals surface area contributed by atoms with Crippen LogP contribution in [0.3, 0.4) is 0 Å². The highest BCUT2D eigenvalue weighted by Crippen LogP contribution is 2.29. The molecule has 96 valence electrons. The first-order valence-electron chi connectivity index (χ1n) is 6.41. The summed E-state index contributed by atoms with van der Waals surface area (Å²) in [7, 11) is 0. The van der Waals surface area contributed by atoms with Crippen molar-refractivity contribution < 1.29 is 0 Å². The third-order valence-electron chi connectivity index (χ3n) is 3.70. The Hall–Kier alpha value is -0.870. The van der Waals surface area contributed by atoms with E-state index in [0.717, 1.165) is 10.2 Å². The first-order chi connectivity index (χ1) is 8.74. The van der Waals surface area contributed by atoms with Crippen molar-refractivity contribution in [3.8, 4) is 0 Å². The first-order valence-corrected chi connectivity index (χ1v) is 7.67. The van der Waals surface area contributed by atoms with E-state index in [-0.39, 0.29) is 0 Å². The molecular formula is C13H16ClN3S. The molecule has 2 heterocycles. The molecule has 3 nitrogen and oxygen atoms in total. The normalized spacial score (nSPS) is 24.3. The van der Waals surface area contributed by atoms with Crippen LogP contribution in [-0.4, -0.2) is 16.0 Å². The molecule has 1 saturated carbocycles. The molecule has 2 atom stereocenters. The third-order valence-corrected chi connectivity index (χ3v) is 4.80. The number of rotatable bonds is 2. The zero-order valence-corrected chi connectivity index (χ0v) is 11.9. The Bertz CT molecular complexity index is 554. The molecule has 2 unspecified atom stereocenters. The van der Waals surface area contributed by atoms with E-state index in [1.165, 1.54) is 25.7 Å². The highest BCUT2D eigenvalue weighted by Gasteiger charge is 2.22. The summed E-state index contributed by atoms with van der Waals surface area (Å²) in [5.41, 5.74) is 0. The van der Waals surface area contributed by atoms with Crippen LogP contribution in [-0.2, 0) is 0 Å². The minimum absolute atomic E-state index is 0.479. The fraction of sp³-hybridized carbons (Fsp3) is 0.538. The smallest absolute Gasteiger partial charge is 0.225 e. The maximum Gasteiger partial charge on any atom is 0.225 e. The summed E-state index contributed by atoms with van der Waals surface area (Å²) in [6.45, 7) is 2.29. The van der Waals surface area contributed by atoms with E-state index in [0.29, 0.717) is 23.1 Å². The summed E-state index contributed by atoms with van der Waals surface area (Å²) in [5.74, 6) is 1.36. The molecule has 1 aliphatic carbocycles. The number of nitrogens with one attached hydrogen (secondary N) is 1. The standard InChI is InChI=1S/C13H16ClN3S/c1-8-4-2-3-5-10(8)15-13-16-11(14)9-6-7-18-12(9)17-13/h6-8,10H,2-5H2,1H3,(H,15,16,17). The number of halogens is 1. The average molecular weight is 282 g/mol. The van der Waals surface area contributed by atoms with Crippen molar-refractivity contribution in [3.63, 3.8) is 0 Å². The van der Waals surface area contributed by atoms with Gasteiger partial charge in [-0.25, -0.2) is 9.97 Å². The Morgan fingerprint density at radius 3 is 3.00 bits per heavy atom. The predicted octanol–water partition coefficient (Wildman–Crippen LogP) is 4.34. The number of thiophene rings is 1. The van der Waals surface area contributed by atoms with E-state index in [9.17, 15) is 0 Å². The minimum Gasteiger partial charge on any atom is -0.351 e. The van der Waals surface area contributed by atoms with Crippen LogP contribution >= 0.6 is 22.9 Å². The van der Waals surface area contributed by atoms with Gasteiger partial charge in [0.15, 0.2) is 0 Å². The van der Waals surface area contributed by atoms with Gasteiger partial charge in [0.2, 0.25) is 5.95 Å². The molecule has 5 heteroatoms. The molecule has 0 aromatic carbocycles. The molecule has 1 fully saturated rings. The molecule has 0 radical (unpaired) electrons. The van der Waals surface area contributed by atoms with Crippen molar-refractivity contribution in [2.24, 2.45) is 5.92 Å². The Morgan fingerprint density at radius 2 is 2.17 bits per heavy atom. The third kappa shape index (κ3) is 2.31. The molecule has 0 bridgehead atoms. The van der Waals surface area contributed by atoms with Crippen LogP contribution in [0, 0.1) is 5.92 Å². The second kappa shape index (κ2) is 5.02. The second-order valence-electron chi connectivity index (χ2n) is 4.99. The number of anilines is 1. The van der Waals surface area contributed by atoms with Crippen LogP contribution < -0.4 is 5.32 Å². The predicted molar refractivity (Wildman–Crippen MR) is 77.5 cm³/mol. The van der Waals surface area contributed by atoms with E-state index in [1.807, 2.05) is 11.4 Å². The molecule has 2 aromatic rings. The average Bonchev–Trinajstić information content (AvgIpc) is 2.81. The monoisotopic (exact) mass is 281 g/mol. The molecule has 1 N–H and O–H groups in total. The summed E-state index contributed by atoms with van der Waals surface area (Å²) in [6, 6.07) is 2.45. The summed E-state index contributed by atoms with van der Waals surface area (Å²) in [4.78, 5) is 9.85. The molecular weight excluding hydrogens is 266 g/mol. The Kier molecular flexibility index (Phi) is 3.39. The van der Waals surface area contributed by atoms with Gasteiger partial charge in [0, 0.05) is 11.4 Å². The van der Waals surface area contributed by atoms with E-state index in [4.69, 9.17) is 11.6 Å². The van der Waals surface area contributed by atoms with Crippen LogP contribution in [0.2, 0.25) is 5.15 Å². The summed E-state index contributed by atoms with van der Waals surface area (Å²) < 4.78 is 0. The van der Waals surface area contributed by atoms with Gasteiger partial charge in [-0.05, 0) is 30.2 Å². The lowest BCUT2D eigenvalue weighted by Crippen LogP contribution is -2.31. The lowest BCUT2D eigenvalue weighted by Gasteiger charge is -2.29. The lowest BCUT2D eigenvalue weighted by atomic mass is 9.86. The molecule has 18 heavy (non-hydrogen) atoms. The van der Waals surface area contributed by atoms with Crippen LogP contribution in [0.1, 0.15) is 32.6 Å². The number of hydrogen-bond acceptors (Lipinski definition) is 4. The quantitative estimate of drug-likeness (QED) is 0.833. The van der Waals surface area contributed by atoms with Crippen molar-refractivity contribution in [3.05, 3.63) is 16.6 Å².